The van der Waals surface area contributed by atoms with Gasteiger partial charge in [0.1, 0.15) is 5.15 Å². The molecular formula is C12H16ClNO4. The first-order valence-electron chi connectivity index (χ1n) is 5.43. The first-order chi connectivity index (χ1) is 8.34. The summed E-state index contributed by atoms with van der Waals surface area (Å²) in [5.74, 6) is -0.867. The van der Waals surface area contributed by atoms with Gasteiger partial charge in [-0.25, -0.2) is 9.78 Å². The first-order valence-corrected chi connectivity index (χ1v) is 5.81. The minimum Gasteiger partial charge on any atom is -0.478 e. The summed E-state index contributed by atoms with van der Waals surface area (Å²) in [6.07, 6.45) is 0.653. The molecule has 0 amide bonds. The van der Waals surface area contributed by atoms with E-state index in [9.17, 15) is 4.79 Å². The van der Waals surface area contributed by atoms with Crippen LogP contribution >= 0.6 is 11.6 Å². The predicted molar refractivity (Wildman–Crippen MR) is 67.4 cm³/mol. The Morgan fingerprint density at radius 3 is 2.72 bits per heavy atom. The number of halogens is 1. The molecule has 0 fully saturated rings. The van der Waals surface area contributed by atoms with Crippen molar-refractivity contribution >= 4 is 17.6 Å². The molecule has 1 aromatic heterocycles. The zero-order chi connectivity index (χ0) is 13.8. The summed E-state index contributed by atoms with van der Waals surface area (Å²) in [5.41, 5.74) is -0.246. The lowest BCUT2D eigenvalue weighted by Gasteiger charge is -2.22. The minimum atomic E-state index is -1.07. The highest BCUT2D eigenvalue weighted by Gasteiger charge is 2.16. The summed E-state index contributed by atoms with van der Waals surface area (Å²) in [5, 5.41) is 8.96. The van der Waals surface area contributed by atoms with E-state index in [0.29, 0.717) is 13.0 Å². The summed E-state index contributed by atoms with van der Waals surface area (Å²) in [6.45, 7) is 4.24. The molecule has 0 saturated carbocycles. The van der Waals surface area contributed by atoms with Crippen LogP contribution in [-0.2, 0) is 4.74 Å². The highest BCUT2D eigenvalue weighted by atomic mass is 35.5. The zero-order valence-electron chi connectivity index (χ0n) is 10.6. The van der Waals surface area contributed by atoms with Gasteiger partial charge in [-0.3, -0.25) is 0 Å². The maximum absolute atomic E-state index is 10.8. The van der Waals surface area contributed by atoms with Crippen LogP contribution in [0.1, 0.15) is 30.6 Å². The molecule has 0 unspecified atom stereocenters. The highest BCUT2D eigenvalue weighted by molar-refractivity contribution is 6.29. The molecule has 0 spiro atoms. The van der Waals surface area contributed by atoms with Crippen LogP contribution in [0.3, 0.4) is 0 Å². The number of hydrogen-bond acceptors (Lipinski definition) is 4. The van der Waals surface area contributed by atoms with Gasteiger partial charge in [0.25, 0.3) is 0 Å². The lowest BCUT2D eigenvalue weighted by molar-refractivity contribution is 0.00506. The highest BCUT2D eigenvalue weighted by Crippen LogP contribution is 2.18. The molecule has 6 heteroatoms. The van der Waals surface area contributed by atoms with Crippen LogP contribution in [0.5, 0.6) is 5.88 Å². The van der Waals surface area contributed by atoms with E-state index in [-0.39, 0.29) is 22.2 Å². The Morgan fingerprint density at radius 1 is 1.50 bits per heavy atom. The Hall–Kier alpha value is -1.33. The molecule has 0 bridgehead atoms. The summed E-state index contributed by atoms with van der Waals surface area (Å²) < 4.78 is 10.6. The van der Waals surface area contributed by atoms with Crippen molar-refractivity contribution < 1.29 is 19.4 Å². The SMILES string of the molecule is COC(C)(C)CCOc1cc(C(=O)O)cc(Cl)n1. The van der Waals surface area contributed by atoms with Crippen molar-refractivity contribution in [3.63, 3.8) is 0 Å². The summed E-state index contributed by atoms with van der Waals surface area (Å²) in [7, 11) is 1.63. The maximum atomic E-state index is 10.8. The van der Waals surface area contributed by atoms with Gasteiger partial charge < -0.3 is 14.6 Å². The second kappa shape index (κ2) is 6.02. The van der Waals surface area contributed by atoms with Crippen molar-refractivity contribution in [1.29, 1.82) is 0 Å². The summed E-state index contributed by atoms with van der Waals surface area (Å²) in [4.78, 5) is 14.7. The zero-order valence-corrected chi connectivity index (χ0v) is 11.3. The van der Waals surface area contributed by atoms with Crippen LogP contribution in [0.15, 0.2) is 12.1 Å². The molecular weight excluding hydrogens is 258 g/mol. The quantitative estimate of drug-likeness (QED) is 0.807. The Kier molecular flexibility index (Phi) is 4.93. The normalized spacial score (nSPS) is 11.3. The topological polar surface area (TPSA) is 68.7 Å². The molecule has 1 aromatic rings. The lowest BCUT2D eigenvalue weighted by Crippen LogP contribution is -2.25. The summed E-state index contributed by atoms with van der Waals surface area (Å²) >= 11 is 5.71. The number of nitrogens with zero attached hydrogens (tertiary/aromatic N) is 1. The fourth-order valence-electron chi connectivity index (χ4n) is 1.17. The third-order valence-electron chi connectivity index (χ3n) is 2.52. The van der Waals surface area contributed by atoms with Gasteiger partial charge in [-0.05, 0) is 19.9 Å². The smallest absolute Gasteiger partial charge is 0.335 e. The van der Waals surface area contributed by atoms with Gasteiger partial charge in [0, 0.05) is 19.6 Å². The van der Waals surface area contributed by atoms with Crippen molar-refractivity contribution in [3.8, 4) is 5.88 Å². The van der Waals surface area contributed by atoms with Crippen LogP contribution in [0.25, 0.3) is 0 Å². The number of carboxylic acid groups (broad SMARTS) is 1. The molecule has 0 radical (unpaired) electrons. The molecule has 0 saturated heterocycles. The fourth-order valence-corrected chi connectivity index (χ4v) is 1.37. The second-order valence-electron chi connectivity index (χ2n) is 4.38. The number of aromatic nitrogens is 1. The number of carbonyl (C=O) groups is 1. The van der Waals surface area contributed by atoms with Gasteiger partial charge in [-0.2, -0.15) is 0 Å². The van der Waals surface area contributed by atoms with Crippen molar-refractivity contribution in [2.45, 2.75) is 25.9 Å². The minimum absolute atomic E-state index is 0.0519. The van der Waals surface area contributed by atoms with Gasteiger partial charge >= 0.3 is 5.97 Å². The number of rotatable bonds is 6. The van der Waals surface area contributed by atoms with E-state index in [0.717, 1.165) is 0 Å². The Morgan fingerprint density at radius 2 is 2.17 bits per heavy atom. The third kappa shape index (κ3) is 4.50. The van der Waals surface area contributed by atoms with E-state index < -0.39 is 5.97 Å². The Balaban J connectivity index is 2.65. The van der Waals surface area contributed by atoms with E-state index >= 15 is 0 Å². The van der Waals surface area contributed by atoms with Gasteiger partial charge in [-0.15, -0.1) is 0 Å². The molecule has 18 heavy (non-hydrogen) atoms. The van der Waals surface area contributed by atoms with Crippen LogP contribution in [0.4, 0.5) is 0 Å². The second-order valence-corrected chi connectivity index (χ2v) is 4.77. The molecule has 1 N–H and O–H groups in total. The largest absolute Gasteiger partial charge is 0.478 e. The number of ether oxygens (including phenoxy) is 2. The lowest BCUT2D eigenvalue weighted by atomic mass is 10.1. The number of pyridine rings is 1. The number of carboxylic acids is 1. The number of methoxy groups -OCH3 is 1. The van der Waals surface area contributed by atoms with Crippen LogP contribution in [-0.4, -0.2) is 35.4 Å². The van der Waals surface area contributed by atoms with E-state index in [1.54, 1.807) is 7.11 Å². The monoisotopic (exact) mass is 273 g/mol. The summed E-state index contributed by atoms with van der Waals surface area (Å²) in [6, 6.07) is 2.61. The molecule has 1 heterocycles. The maximum Gasteiger partial charge on any atom is 0.335 e. The van der Waals surface area contributed by atoms with E-state index in [4.69, 9.17) is 26.2 Å². The van der Waals surface area contributed by atoms with Gasteiger partial charge in [-0.1, -0.05) is 11.6 Å². The van der Waals surface area contributed by atoms with Gasteiger partial charge in [0.05, 0.1) is 17.8 Å². The van der Waals surface area contributed by atoms with Gasteiger partial charge in [0.15, 0.2) is 0 Å². The standard InChI is InChI=1S/C12H16ClNO4/c1-12(2,17-3)4-5-18-10-7-8(11(15)16)6-9(13)14-10/h6-7H,4-5H2,1-3H3,(H,15,16). The number of aromatic carboxylic acids is 1. The molecule has 0 aliphatic rings. The number of hydrogen-bond donors (Lipinski definition) is 1. The molecule has 5 nitrogen and oxygen atoms in total. The Bertz CT molecular complexity index is 434. The van der Waals surface area contributed by atoms with Crippen LogP contribution in [0.2, 0.25) is 5.15 Å². The van der Waals surface area contributed by atoms with E-state index in [2.05, 4.69) is 4.98 Å². The predicted octanol–water partition coefficient (Wildman–Crippen LogP) is 2.63. The van der Waals surface area contributed by atoms with E-state index in [1.165, 1.54) is 12.1 Å². The van der Waals surface area contributed by atoms with Crippen molar-refractivity contribution in [2.75, 3.05) is 13.7 Å². The van der Waals surface area contributed by atoms with Crippen LogP contribution < -0.4 is 4.74 Å². The van der Waals surface area contributed by atoms with Crippen molar-refractivity contribution in [3.05, 3.63) is 22.8 Å². The average molecular weight is 274 g/mol. The first kappa shape index (κ1) is 14.7. The molecule has 0 aromatic carbocycles. The molecule has 100 valence electrons. The fraction of sp³-hybridized carbons (Fsp3) is 0.500. The van der Waals surface area contributed by atoms with E-state index in [1.807, 2.05) is 13.8 Å². The molecule has 0 atom stereocenters. The average Bonchev–Trinajstić information content (AvgIpc) is 2.28. The van der Waals surface area contributed by atoms with Gasteiger partial charge in [0.2, 0.25) is 5.88 Å². The van der Waals surface area contributed by atoms with Crippen molar-refractivity contribution in [1.82, 2.24) is 4.98 Å². The molecule has 0 aliphatic heterocycles. The Labute approximate surface area is 111 Å². The molecule has 1 rings (SSSR count). The van der Waals surface area contributed by atoms with Crippen molar-refractivity contribution in [2.24, 2.45) is 0 Å². The van der Waals surface area contributed by atoms with Crippen LogP contribution in [0, 0.1) is 0 Å². The molecule has 0 aliphatic carbocycles. The third-order valence-corrected chi connectivity index (χ3v) is 2.72.